The number of aliphatic hydroxyl groups excluding tert-OH is 7. The van der Waals surface area contributed by atoms with Gasteiger partial charge in [-0.05, 0) is 6.92 Å². The lowest BCUT2D eigenvalue weighted by atomic mass is 9.97. The summed E-state index contributed by atoms with van der Waals surface area (Å²) in [5, 5.41) is 67.3. The van der Waals surface area contributed by atoms with Gasteiger partial charge in [-0.3, -0.25) is 0 Å². The average Bonchev–Trinajstić information content (AvgIpc) is 2.50. The molecule has 2 aliphatic heterocycles. The predicted molar refractivity (Wildman–Crippen MR) is 67.2 cm³/mol. The van der Waals surface area contributed by atoms with E-state index in [1.54, 1.807) is 0 Å². The van der Waals surface area contributed by atoms with Crippen molar-refractivity contribution in [2.24, 2.45) is 0 Å². The molecule has 10 atom stereocenters. The lowest BCUT2D eigenvalue weighted by Crippen LogP contribution is -2.63. The highest BCUT2D eigenvalue weighted by Gasteiger charge is 2.49. The largest absolute Gasteiger partial charge is 0.394 e. The summed E-state index contributed by atoms with van der Waals surface area (Å²) in [6.07, 6.45) is -14.2. The van der Waals surface area contributed by atoms with Gasteiger partial charge in [0.25, 0.3) is 0 Å². The molecule has 0 saturated carbocycles. The Bertz CT molecular complexity index is 366. The molecule has 0 radical (unpaired) electrons. The lowest BCUT2D eigenvalue weighted by molar-refractivity contribution is -0.352. The first-order valence-electron chi connectivity index (χ1n) is 6.93. The van der Waals surface area contributed by atoms with E-state index in [2.05, 4.69) is 0 Å². The zero-order valence-electron chi connectivity index (χ0n) is 11.8. The molecule has 0 aromatic heterocycles. The molecule has 0 bridgehead atoms. The molecule has 10 heteroatoms. The number of ether oxygens (including phenoxy) is 3. The van der Waals surface area contributed by atoms with Gasteiger partial charge in [0.2, 0.25) is 0 Å². The smallest absolute Gasteiger partial charge is 0.187 e. The van der Waals surface area contributed by atoms with E-state index in [1.807, 2.05) is 0 Å². The number of hydrogen-bond donors (Lipinski definition) is 7. The van der Waals surface area contributed by atoms with Crippen molar-refractivity contribution in [3.8, 4) is 0 Å². The van der Waals surface area contributed by atoms with Crippen LogP contribution in [0.2, 0.25) is 0 Å². The predicted octanol–water partition coefficient (Wildman–Crippen LogP) is -4.37. The molecule has 0 aromatic carbocycles. The molecule has 2 rings (SSSR count). The monoisotopic (exact) mass is 326 g/mol. The van der Waals surface area contributed by atoms with Crippen molar-refractivity contribution in [1.82, 2.24) is 0 Å². The maximum Gasteiger partial charge on any atom is 0.187 e. The topological polar surface area (TPSA) is 169 Å². The van der Waals surface area contributed by atoms with Gasteiger partial charge in [0.1, 0.15) is 42.7 Å². The van der Waals surface area contributed by atoms with Crippen LogP contribution in [0.15, 0.2) is 0 Å². The zero-order valence-corrected chi connectivity index (χ0v) is 11.8. The van der Waals surface area contributed by atoms with Crippen LogP contribution in [0.25, 0.3) is 0 Å². The molecule has 0 amide bonds. The van der Waals surface area contributed by atoms with Crippen molar-refractivity contribution in [2.45, 2.75) is 68.3 Å². The molecule has 2 saturated heterocycles. The number of hydrogen-bond acceptors (Lipinski definition) is 10. The third kappa shape index (κ3) is 3.26. The minimum absolute atomic E-state index is 0.630. The first-order valence-corrected chi connectivity index (χ1v) is 6.93. The van der Waals surface area contributed by atoms with Gasteiger partial charge in [-0.2, -0.15) is 0 Å². The Morgan fingerprint density at radius 1 is 0.818 bits per heavy atom. The molecule has 0 spiro atoms. The Hall–Kier alpha value is -0.400. The van der Waals surface area contributed by atoms with Crippen LogP contribution in [0.4, 0.5) is 0 Å². The molecule has 22 heavy (non-hydrogen) atoms. The molecule has 0 unspecified atom stereocenters. The first kappa shape index (κ1) is 17.9. The van der Waals surface area contributed by atoms with Crippen LogP contribution in [-0.4, -0.2) is 104 Å². The van der Waals surface area contributed by atoms with Gasteiger partial charge in [0.05, 0.1) is 12.7 Å². The van der Waals surface area contributed by atoms with Gasteiger partial charge in [0.15, 0.2) is 12.6 Å². The molecule has 0 aliphatic carbocycles. The van der Waals surface area contributed by atoms with E-state index in [-0.39, 0.29) is 0 Å². The summed E-state index contributed by atoms with van der Waals surface area (Å²) in [6.45, 7) is 0.821. The average molecular weight is 326 g/mol. The molecule has 7 N–H and O–H groups in total. The molecule has 2 fully saturated rings. The summed E-state index contributed by atoms with van der Waals surface area (Å²) < 4.78 is 15.4. The van der Waals surface area contributed by atoms with Crippen LogP contribution in [0.1, 0.15) is 6.92 Å². The summed E-state index contributed by atoms with van der Waals surface area (Å²) >= 11 is 0. The molecular weight excluding hydrogens is 304 g/mol. The van der Waals surface area contributed by atoms with E-state index in [9.17, 15) is 35.7 Å². The summed E-state index contributed by atoms with van der Waals surface area (Å²) in [7, 11) is 0. The Balaban J connectivity index is 2.10. The van der Waals surface area contributed by atoms with Gasteiger partial charge >= 0.3 is 0 Å². The number of aliphatic hydroxyl groups is 7. The Labute approximate surface area is 126 Å². The molecule has 2 aliphatic rings. The second kappa shape index (κ2) is 7.01. The molecule has 10 nitrogen and oxygen atoms in total. The second-order valence-corrected chi connectivity index (χ2v) is 5.51. The van der Waals surface area contributed by atoms with E-state index in [1.165, 1.54) is 6.92 Å². The maximum atomic E-state index is 9.93. The van der Waals surface area contributed by atoms with Crippen LogP contribution >= 0.6 is 0 Å². The van der Waals surface area contributed by atoms with Crippen molar-refractivity contribution in [2.75, 3.05) is 6.61 Å². The summed E-state index contributed by atoms with van der Waals surface area (Å²) in [5.74, 6) is 0. The van der Waals surface area contributed by atoms with Gasteiger partial charge in [-0.1, -0.05) is 0 Å². The fraction of sp³-hybridized carbons (Fsp3) is 1.00. The minimum atomic E-state index is -1.70. The molecular formula is C12H22O10. The number of rotatable bonds is 3. The van der Waals surface area contributed by atoms with Gasteiger partial charge in [-0.25, -0.2) is 0 Å². The minimum Gasteiger partial charge on any atom is -0.394 e. The van der Waals surface area contributed by atoms with Crippen LogP contribution < -0.4 is 0 Å². The second-order valence-electron chi connectivity index (χ2n) is 5.51. The van der Waals surface area contributed by atoms with Crippen molar-refractivity contribution in [3.63, 3.8) is 0 Å². The standard InChI is InChI=1S/C12H22O10/c1-3-5(14)6(15)9(18)12(20-3)22-10-4(2-13)21-11(19)8(17)7(10)16/h3-19H,2H2,1H3/t3-,4+,5+,6+,7+,8+,9-,10-,11-,12+/m0/s1. The van der Waals surface area contributed by atoms with E-state index in [0.29, 0.717) is 0 Å². The molecule has 0 aromatic rings. The highest BCUT2D eigenvalue weighted by molar-refractivity contribution is 4.93. The normalized spacial score (nSPS) is 53.5. The highest BCUT2D eigenvalue weighted by atomic mass is 16.7. The van der Waals surface area contributed by atoms with Crippen LogP contribution in [-0.2, 0) is 14.2 Å². The van der Waals surface area contributed by atoms with E-state index >= 15 is 0 Å². The molecule has 2 heterocycles. The Kier molecular flexibility index (Phi) is 5.72. The zero-order chi connectivity index (χ0) is 16.6. The fourth-order valence-corrected chi connectivity index (χ4v) is 2.52. The quantitative estimate of drug-likeness (QED) is 0.269. The lowest BCUT2D eigenvalue weighted by Gasteiger charge is -2.44. The summed E-state index contributed by atoms with van der Waals surface area (Å²) in [6, 6.07) is 0. The van der Waals surface area contributed by atoms with Crippen molar-refractivity contribution in [1.29, 1.82) is 0 Å². The van der Waals surface area contributed by atoms with E-state index in [0.717, 1.165) is 0 Å². The Morgan fingerprint density at radius 3 is 2.05 bits per heavy atom. The van der Waals surface area contributed by atoms with Crippen LogP contribution in [0, 0.1) is 0 Å². The van der Waals surface area contributed by atoms with Gasteiger partial charge in [-0.15, -0.1) is 0 Å². The van der Waals surface area contributed by atoms with Gasteiger partial charge in [0, 0.05) is 0 Å². The van der Waals surface area contributed by atoms with Gasteiger partial charge < -0.3 is 50.0 Å². The van der Waals surface area contributed by atoms with Crippen LogP contribution in [0.5, 0.6) is 0 Å². The van der Waals surface area contributed by atoms with E-state index < -0.39 is 68.0 Å². The molecule has 130 valence electrons. The SMILES string of the molecule is C[C@@H]1O[C@H](O[C@@H]2[C@H](O)[C@@H](O)[C@@H](O)O[C@@H]2CO)[C@@H](O)[C@H](O)[C@@H]1O. The maximum absolute atomic E-state index is 9.93. The van der Waals surface area contributed by atoms with Crippen LogP contribution in [0.3, 0.4) is 0 Å². The first-order chi connectivity index (χ1) is 10.3. The third-order valence-electron chi connectivity index (χ3n) is 3.94. The highest BCUT2D eigenvalue weighted by Crippen LogP contribution is 2.28. The van der Waals surface area contributed by atoms with Crippen molar-refractivity contribution in [3.05, 3.63) is 0 Å². The van der Waals surface area contributed by atoms with E-state index in [4.69, 9.17) is 14.2 Å². The fourth-order valence-electron chi connectivity index (χ4n) is 2.52. The Morgan fingerprint density at radius 2 is 1.45 bits per heavy atom. The van der Waals surface area contributed by atoms with Crippen molar-refractivity contribution >= 4 is 0 Å². The summed E-state index contributed by atoms with van der Waals surface area (Å²) in [4.78, 5) is 0. The third-order valence-corrected chi connectivity index (χ3v) is 3.94. The summed E-state index contributed by atoms with van der Waals surface area (Å²) in [5.41, 5.74) is 0. The van der Waals surface area contributed by atoms with Crippen molar-refractivity contribution < 1.29 is 50.0 Å².